The van der Waals surface area contributed by atoms with Crippen LogP contribution in [0.15, 0.2) is 66.7 Å². The van der Waals surface area contributed by atoms with Crippen LogP contribution in [0.1, 0.15) is 40.9 Å². The second-order valence-electron chi connectivity index (χ2n) is 10.6. The number of carbonyl (C=O) groups is 2. The summed E-state index contributed by atoms with van der Waals surface area (Å²) >= 11 is 0. The van der Waals surface area contributed by atoms with Crippen LogP contribution in [-0.4, -0.2) is 55.9 Å². The molecule has 3 aromatic rings. The maximum absolute atomic E-state index is 13.5. The van der Waals surface area contributed by atoms with E-state index >= 15 is 0 Å². The lowest BCUT2D eigenvalue weighted by atomic mass is 9.89. The minimum absolute atomic E-state index is 0.215. The molecule has 0 spiro atoms. The van der Waals surface area contributed by atoms with Crippen molar-refractivity contribution in [2.45, 2.75) is 31.3 Å². The zero-order chi connectivity index (χ0) is 28.9. The summed E-state index contributed by atoms with van der Waals surface area (Å²) in [5.41, 5.74) is 0.520. The summed E-state index contributed by atoms with van der Waals surface area (Å²) in [4.78, 5) is 31.9. The van der Waals surface area contributed by atoms with E-state index in [0.717, 1.165) is 17.7 Å². The van der Waals surface area contributed by atoms with Crippen LogP contribution < -0.4 is 24.6 Å². The van der Waals surface area contributed by atoms with Crippen molar-refractivity contribution in [1.29, 1.82) is 0 Å². The number of hydrogen-bond donors (Lipinski definition) is 1. The standard InChI is InChI=1S/C30H29F3N4O4/c1-29-18-24(23-10-5-11-25(40-2)26(23)41-29)34-28(39)37(29)22-9-3-6-19(16-22)27(38)36-14-12-35(13-15-36)21-8-4-7-20(17-21)30(31,32)33/h3-11,16-17,24H,12-15,18H2,1-2H3,(H,34,39). The second kappa shape index (κ2) is 9.90. The molecule has 41 heavy (non-hydrogen) atoms. The van der Waals surface area contributed by atoms with Crippen molar-refractivity contribution in [2.24, 2.45) is 0 Å². The number of methoxy groups -OCH3 is 1. The van der Waals surface area contributed by atoms with Gasteiger partial charge in [-0.3, -0.25) is 9.69 Å². The minimum Gasteiger partial charge on any atom is -0.493 e. The van der Waals surface area contributed by atoms with Gasteiger partial charge < -0.3 is 24.6 Å². The van der Waals surface area contributed by atoms with Gasteiger partial charge in [-0.2, -0.15) is 13.2 Å². The summed E-state index contributed by atoms with van der Waals surface area (Å²) in [7, 11) is 1.57. The predicted molar refractivity (Wildman–Crippen MR) is 146 cm³/mol. The Morgan fingerprint density at radius 1 is 1.00 bits per heavy atom. The molecule has 2 atom stereocenters. The van der Waals surface area contributed by atoms with Gasteiger partial charge in [-0.25, -0.2) is 4.79 Å². The van der Waals surface area contributed by atoms with E-state index in [1.165, 1.54) is 11.0 Å². The van der Waals surface area contributed by atoms with Crippen molar-refractivity contribution < 1.29 is 32.2 Å². The molecule has 3 aliphatic heterocycles. The van der Waals surface area contributed by atoms with Crippen LogP contribution in [0.4, 0.5) is 29.3 Å². The van der Waals surface area contributed by atoms with E-state index in [1.54, 1.807) is 42.3 Å². The van der Waals surface area contributed by atoms with Crippen LogP contribution in [0.25, 0.3) is 0 Å². The normalized spacial score (nSPS) is 22.0. The molecule has 6 rings (SSSR count). The van der Waals surface area contributed by atoms with Crippen LogP contribution in [0.5, 0.6) is 11.5 Å². The lowest BCUT2D eigenvalue weighted by molar-refractivity contribution is -0.137. The predicted octanol–water partition coefficient (Wildman–Crippen LogP) is 5.45. The van der Waals surface area contributed by atoms with Gasteiger partial charge in [0.1, 0.15) is 0 Å². The average Bonchev–Trinajstić information content (AvgIpc) is 2.96. The number of urea groups is 1. The molecule has 214 valence electrons. The van der Waals surface area contributed by atoms with Gasteiger partial charge in [-0.05, 0) is 49.4 Å². The number of para-hydroxylation sites is 1. The largest absolute Gasteiger partial charge is 0.493 e. The molecule has 3 heterocycles. The zero-order valence-electron chi connectivity index (χ0n) is 22.6. The lowest BCUT2D eigenvalue weighted by Crippen LogP contribution is -2.65. The quantitative estimate of drug-likeness (QED) is 0.455. The Bertz CT molecular complexity index is 1510. The topological polar surface area (TPSA) is 74.3 Å². The van der Waals surface area contributed by atoms with E-state index in [2.05, 4.69) is 5.32 Å². The molecule has 2 bridgehead atoms. The fourth-order valence-corrected chi connectivity index (χ4v) is 5.92. The van der Waals surface area contributed by atoms with E-state index in [0.29, 0.717) is 61.0 Å². The number of carbonyl (C=O) groups excluding carboxylic acids is 2. The van der Waals surface area contributed by atoms with Crippen molar-refractivity contribution in [3.05, 3.63) is 83.4 Å². The highest BCUT2D eigenvalue weighted by atomic mass is 19.4. The molecule has 0 aromatic heterocycles. The fraction of sp³-hybridized carbons (Fsp3) is 0.333. The number of hydrogen-bond acceptors (Lipinski definition) is 5. The number of nitrogens with zero attached hydrogens (tertiary/aromatic N) is 3. The first-order valence-corrected chi connectivity index (χ1v) is 13.4. The number of nitrogens with one attached hydrogen (secondary N) is 1. The van der Waals surface area contributed by atoms with Gasteiger partial charge in [0.2, 0.25) is 0 Å². The molecule has 0 saturated carbocycles. The summed E-state index contributed by atoms with van der Waals surface area (Å²) in [6.45, 7) is 3.34. The monoisotopic (exact) mass is 566 g/mol. The number of piperazine rings is 1. The molecule has 0 radical (unpaired) electrons. The summed E-state index contributed by atoms with van der Waals surface area (Å²) < 4.78 is 51.4. The highest BCUT2D eigenvalue weighted by Crippen LogP contribution is 2.49. The van der Waals surface area contributed by atoms with E-state index in [4.69, 9.17) is 9.47 Å². The number of anilines is 2. The Labute approximate surface area is 235 Å². The Balaban J connectivity index is 1.19. The third-order valence-corrected chi connectivity index (χ3v) is 7.94. The maximum atomic E-state index is 13.5. The molecule has 8 nitrogen and oxygen atoms in total. The van der Waals surface area contributed by atoms with Crippen LogP contribution in [0, 0.1) is 0 Å². The van der Waals surface area contributed by atoms with Gasteiger partial charge in [-0.1, -0.05) is 24.3 Å². The number of ether oxygens (including phenoxy) is 2. The van der Waals surface area contributed by atoms with Crippen molar-refractivity contribution in [3.63, 3.8) is 0 Å². The molecule has 1 N–H and O–H groups in total. The highest BCUT2D eigenvalue weighted by Gasteiger charge is 2.50. The third-order valence-electron chi connectivity index (χ3n) is 7.94. The molecular formula is C30H29F3N4O4. The minimum atomic E-state index is -4.42. The number of fused-ring (bicyclic) bond motifs is 4. The Morgan fingerprint density at radius 2 is 1.71 bits per heavy atom. The Hall–Kier alpha value is -4.41. The summed E-state index contributed by atoms with van der Waals surface area (Å²) in [5.74, 6) is 0.930. The number of amides is 3. The van der Waals surface area contributed by atoms with Gasteiger partial charge in [-0.15, -0.1) is 0 Å². The molecule has 2 fully saturated rings. The van der Waals surface area contributed by atoms with Crippen molar-refractivity contribution in [1.82, 2.24) is 10.2 Å². The van der Waals surface area contributed by atoms with E-state index < -0.39 is 17.5 Å². The van der Waals surface area contributed by atoms with Gasteiger partial charge in [0.15, 0.2) is 17.2 Å². The maximum Gasteiger partial charge on any atom is 0.416 e. The van der Waals surface area contributed by atoms with Crippen LogP contribution in [-0.2, 0) is 6.18 Å². The first-order valence-electron chi connectivity index (χ1n) is 13.4. The average molecular weight is 567 g/mol. The smallest absolute Gasteiger partial charge is 0.416 e. The Kier molecular flexibility index (Phi) is 6.47. The zero-order valence-corrected chi connectivity index (χ0v) is 22.6. The second-order valence-corrected chi connectivity index (χ2v) is 10.6. The summed E-state index contributed by atoms with van der Waals surface area (Å²) in [6, 6.07) is 17.1. The van der Waals surface area contributed by atoms with Gasteiger partial charge in [0, 0.05) is 49.4 Å². The molecule has 2 unspecified atom stereocenters. The fourth-order valence-electron chi connectivity index (χ4n) is 5.92. The molecule has 3 aromatic carbocycles. The first-order chi connectivity index (χ1) is 19.6. The third kappa shape index (κ3) is 4.79. The molecular weight excluding hydrogens is 537 g/mol. The van der Waals surface area contributed by atoms with Crippen molar-refractivity contribution >= 4 is 23.3 Å². The molecule has 3 amide bonds. The van der Waals surface area contributed by atoms with Crippen molar-refractivity contribution in [3.8, 4) is 11.5 Å². The van der Waals surface area contributed by atoms with Crippen LogP contribution >= 0.6 is 0 Å². The lowest BCUT2D eigenvalue weighted by Gasteiger charge is -2.50. The van der Waals surface area contributed by atoms with Crippen molar-refractivity contribution in [2.75, 3.05) is 43.1 Å². The number of halogens is 3. The van der Waals surface area contributed by atoms with Crippen LogP contribution in [0.2, 0.25) is 0 Å². The highest BCUT2D eigenvalue weighted by molar-refractivity contribution is 5.99. The van der Waals surface area contributed by atoms with Gasteiger partial charge in [0.25, 0.3) is 5.91 Å². The number of rotatable bonds is 4. The van der Waals surface area contributed by atoms with Gasteiger partial charge in [0.05, 0.1) is 24.4 Å². The first kappa shape index (κ1) is 26.8. The SMILES string of the molecule is COc1cccc2c1OC1(C)CC2NC(=O)N1c1cccc(C(=O)N2CCN(c3cccc(C(F)(F)F)c3)CC2)c1. The van der Waals surface area contributed by atoms with E-state index in [9.17, 15) is 22.8 Å². The molecule has 11 heteroatoms. The van der Waals surface area contributed by atoms with Gasteiger partial charge >= 0.3 is 12.2 Å². The van der Waals surface area contributed by atoms with Crippen LogP contribution in [0.3, 0.4) is 0 Å². The van der Waals surface area contributed by atoms with E-state index in [1.807, 2.05) is 30.0 Å². The molecule has 3 aliphatic rings. The Morgan fingerprint density at radius 3 is 2.44 bits per heavy atom. The van der Waals surface area contributed by atoms with E-state index in [-0.39, 0.29) is 18.0 Å². The molecule has 2 saturated heterocycles. The summed E-state index contributed by atoms with van der Waals surface area (Å²) in [5, 5.41) is 3.05. The number of benzene rings is 3. The molecule has 0 aliphatic carbocycles. The summed E-state index contributed by atoms with van der Waals surface area (Å²) in [6.07, 6.45) is -3.92. The number of alkyl halides is 3.